The van der Waals surface area contributed by atoms with Gasteiger partial charge in [0, 0.05) is 41.8 Å². The third kappa shape index (κ3) is 7.10. The molecule has 0 saturated carbocycles. The van der Waals surface area contributed by atoms with Crippen molar-refractivity contribution in [1.29, 1.82) is 0 Å². The number of aliphatic imine (C=N–C) groups is 1. The summed E-state index contributed by atoms with van der Waals surface area (Å²) >= 11 is 0. The van der Waals surface area contributed by atoms with Crippen LogP contribution in [0.4, 0.5) is 13.2 Å². The van der Waals surface area contributed by atoms with Crippen LogP contribution in [0.15, 0.2) is 89.8 Å². The highest BCUT2D eigenvalue weighted by Crippen LogP contribution is 2.22. The Kier molecular flexibility index (Phi) is 9.00. The highest BCUT2D eigenvalue weighted by Gasteiger charge is 2.12. The Balaban J connectivity index is 2.35. The Bertz CT molecular complexity index is 1030. The van der Waals surface area contributed by atoms with Gasteiger partial charge in [-0.1, -0.05) is 37.8 Å². The molecule has 0 aliphatic carbocycles. The van der Waals surface area contributed by atoms with Gasteiger partial charge in [-0.3, -0.25) is 4.98 Å². The molecule has 0 unspecified atom stereocenters. The molecule has 162 valence electrons. The molecule has 6 heteroatoms. The van der Waals surface area contributed by atoms with E-state index in [-0.39, 0.29) is 17.9 Å². The molecule has 0 spiro atoms. The number of halogens is 3. The second kappa shape index (κ2) is 11.7. The maximum Gasteiger partial charge on any atom is 0.135 e. The lowest BCUT2D eigenvalue weighted by atomic mass is 10.0. The number of hydrogen-bond acceptors (Lipinski definition) is 2. The first kappa shape index (κ1) is 23.9. The lowest BCUT2D eigenvalue weighted by Crippen LogP contribution is -2.27. The van der Waals surface area contributed by atoms with Crippen molar-refractivity contribution in [2.24, 2.45) is 4.99 Å². The zero-order chi connectivity index (χ0) is 22.8. The van der Waals surface area contributed by atoms with Crippen LogP contribution in [-0.2, 0) is 0 Å². The van der Waals surface area contributed by atoms with Crippen molar-refractivity contribution in [2.45, 2.75) is 27.2 Å². The number of aromatic nitrogens is 1. The summed E-state index contributed by atoms with van der Waals surface area (Å²) in [5.74, 6) is -1.27. The second-order valence-electron chi connectivity index (χ2n) is 6.76. The Morgan fingerprint density at radius 1 is 1.19 bits per heavy atom. The fourth-order valence-corrected chi connectivity index (χ4v) is 2.60. The number of rotatable bonds is 8. The van der Waals surface area contributed by atoms with Gasteiger partial charge in [0.2, 0.25) is 0 Å². The normalized spacial score (nSPS) is 13.0. The topological polar surface area (TPSA) is 37.3 Å². The summed E-state index contributed by atoms with van der Waals surface area (Å²) in [7, 11) is 0. The fourth-order valence-electron chi connectivity index (χ4n) is 2.60. The smallest absolute Gasteiger partial charge is 0.135 e. The molecule has 0 fully saturated rings. The summed E-state index contributed by atoms with van der Waals surface area (Å²) in [6, 6.07) is 7.99. The first-order valence-electron chi connectivity index (χ1n) is 9.92. The van der Waals surface area contributed by atoms with Crippen LogP contribution in [0.1, 0.15) is 31.5 Å². The van der Waals surface area contributed by atoms with Gasteiger partial charge in [-0.05, 0) is 49.6 Å². The van der Waals surface area contributed by atoms with Gasteiger partial charge in [0.1, 0.15) is 23.3 Å². The van der Waals surface area contributed by atoms with Gasteiger partial charge in [-0.2, -0.15) is 0 Å². The predicted molar refractivity (Wildman–Crippen MR) is 122 cm³/mol. The Morgan fingerprint density at radius 2 is 1.90 bits per heavy atom. The lowest BCUT2D eigenvalue weighted by Gasteiger charge is -2.14. The second-order valence-corrected chi connectivity index (χ2v) is 6.76. The van der Waals surface area contributed by atoms with Gasteiger partial charge < -0.3 is 5.32 Å². The van der Waals surface area contributed by atoms with E-state index in [1.54, 1.807) is 24.5 Å². The lowest BCUT2D eigenvalue weighted by molar-refractivity contribution is 0.616. The van der Waals surface area contributed by atoms with Crippen LogP contribution >= 0.6 is 0 Å². The first-order valence-corrected chi connectivity index (χ1v) is 9.92. The summed E-state index contributed by atoms with van der Waals surface area (Å²) in [4.78, 5) is 8.89. The molecular weight excluding hydrogens is 399 g/mol. The molecule has 2 rings (SSSR count). The Labute approximate surface area is 181 Å². The van der Waals surface area contributed by atoms with E-state index in [2.05, 4.69) is 21.9 Å². The average molecular weight is 425 g/mol. The summed E-state index contributed by atoms with van der Waals surface area (Å²) < 4.78 is 40.7. The molecule has 3 nitrogen and oxygen atoms in total. The summed E-state index contributed by atoms with van der Waals surface area (Å²) in [5, 5.41) is 3.07. The van der Waals surface area contributed by atoms with E-state index in [4.69, 9.17) is 0 Å². The van der Waals surface area contributed by atoms with Crippen LogP contribution in [0.5, 0.6) is 0 Å². The van der Waals surface area contributed by atoms with E-state index < -0.39 is 11.7 Å². The zero-order valence-corrected chi connectivity index (χ0v) is 17.9. The van der Waals surface area contributed by atoms with E-state index in [9.17, 15) is 13.2 Å². The molecule has 0 amide bonds. The van der Waals surface area contributed by atoms with Crippen LogP contribution in [0, 0.1) is 12.7 Å². The molecular formula is C25H26F3N3. The quantitative estimate of drug-likeness (QED) is 0.289. The van der Waals surface area contributed by atoms with Crippen molar-refractivity contribution in [3.8, 4) is 11.1 Å². The molecule has 31 heavy (non-hydrogen) atoms. The number of pyridine rings is 1. The van der Waals surface area contributed by atoms with Crippen LogP contribution in [0.3, 0.4) is 0 Å². The van der Waals surface area contributed by atoms with Gasteiger partial charge in [-0.25, -0.2) is 18.2 Å². The number of nitrogens with one attached hydrogen (secondary N) is 1. The molecule has 2 aromatic rings. The molecule has 0 saturated heterocycles. The third-order valence-corrected chi connectivity index (χ3v) is 4.41. The van der Waals surface area contributed by atoms with E-state index in [0.717, 1.165) is 23.6 Å². The maximum atomic E-state index is 14.1. The molecule has 0 atom stereocenters. The Morgan fingerprint density at radius 3 is 2.55 bits per heavy atom. The molecule has 0 radical (unpaired) electrons. The van der Waals surface area contributed by atoms with Crippen molar-refractivity contribution in [2.75, 3.05) is 6.54 Å². The summed E-state index contributed by atoms with van der Waals surface area (Å²) in [6.45, 7) is 9.00. The number of amidine groups is 1. The number of nitrogens with zero attached hydrogens (tertiary/aromatic N) is 2. The standard InChI is InChI=1S/C25H26F3N3/c1-5-7-12-29-25(31-15-17(3)24(28)14-21(26)6-2)23-13-20(16-30-18(23)4)19-8-10-22(27)11-9-19/h6-14,16H,3,5,15H2,1-2,4H3,(H,29,31)/b12-7+,21-6+,24-14+. The van der Waals surface area contributed by atoms with Crippen molar-refractivity contribution in [3.05, 3.63) is 102 Å². The van der Waals surface area contributed by atoms with Gasteiger partial charge in [0.15, 0.2) is 0 Å². The number of hydrogen-bond donors (Lipinski definition) is 1. The SMILES string of the molecule is C=C(CN/C(=N/C=C/CC)c1cc(-c2ccc(F)cc2)cnc1C)/C(F)=C\C(F)=C/C. The largest absolute Gasteiger partial charge is 0.365 e. The number of benzene rings is 1. The average Bonchev–Trinajstić information content (AvgIpc) is 2.77. The van der Waals surface area contributed by atoms with Crippen molar-refractivity contribution in [3.63, 3.8) is 0 Å². The van der Waals surface area contributed by atoms with Crippen LogP contribution in [0.2, 0.25) is 0 Å². The van der Waals surface area contributed by atoms with Crippen molar-refractivity contribution < 1.29 is 13.2 Å². The first-order chi connectivity index (χ1) is 14.8. The molecule has 1 heterocycles. The van der Waals surface area contributed by atoms with Gasteiger partial charge in [0.05, 0.1) is 0 Å². The summed E-state index contributed by atoms with van der Waals surface area (Å²) in [6.07, 6.45) is 7.99. The minimum atomic E-state index is -0.749. The molecule has 0 aliphatic heterocycles. The molecule has 1 N–H and O–H groups in total. The summed E-state index contributed by atoms with van der Waals surface area (Å²) in [5.41, 5.74) is 3.10. The zero-order valence-electron chi connectivity index (χ0n) is 17.9. The molecule has 1 aromatic heterocycles. The number of aryl methyl sites for hydroxylation is 1. The molecule has 0 bridgehead atoms. The fraction of sp³-hybridized carbons (Fsp3) is 0.200. The van der Waals surface area contributed by atoms with Gasteiger partial charge in [0.25, 0.3) is 0 Å². The van der Waals surface area contributed by atoms with E-state index in [1.807, 2.05) is 26.0 Å². The molecule has 1 aromatic carbocycles. The maximum absolute atomic E-state index is 14.1. The highest BCUT2D eigenvalue weighted by molar-refractivity contribution is 6.01. The van der Waals surface area contributed by atoms with Crippen molar-refractivity contribution >= 4 is 5.84 Å². The predicted octanol–water partition coefficient (Wildman–Crippen LogP) is 6.74. The minimum Gasteiger partial charge on any atom is -0.365 e. The van der Waals surface area contributed by atoms with E-state index in [0.29, 0.717) is 17.1 Å². The van der Waals surface area contributed by atoms with Crippen LogP contribution in [0.25, 0.3) is 11.1 Å². The Hall–Kier alpha value is -3.41. The van der Waals surface area contributed by atoms with Gasteiger partial charge >= 0.3 is 0 Å². The number of allylic oxidation sites excluding steroid dienone is 4. The third-order valence-electron chi connectivity index (χ3n) is 4.41. The monoisotopic (exact) mass is 425 g/mol. The van der Waals surface area contributed by atoms with Crippen LogP contribution < -0.4 is 5.32 Å². The van der Waals surface area contributed by atoms with E-state index >= 15 is 0 Å². The highest BCUT2D eigenvalue weighted by atomic mass is 19.1. The van der Waals surface area contributed by atoms with Crippen molar-refractivity contribution in [1.82, 2.24) is 10.3 Å². The molecule has 0 aliphatic rings. The van der Waals surface area contributed by atoms with E-state index in [1.165, 1.54) is 25.1 Å². The van der Waals surface area contributed by atoms with Crippen LogP contribution in [-0.4, -0.2) is 17.4 Å². The minimum absolute atomic E-state index is 0.0261. The van der Waals surface area contributed by atoms with Gasteiger partial charge in [-0.15, -0.1) is 0 Å².